The molecule has 0 spiro atoms. The Balaban J connectivity index is 0. The normalized spacial score (nSPS) is 10.3. The number of ether oxygens (including phenoxy) is 2. The minimum absolute atomic E-state index is 0.0470. The van der Waals surface area contributed by atoms with Crippen LogP contribution in [0.1, 0.15) is 13.3 Å². The standard InChI is InChI=1S/C8H10O4.C6H7F3O2/c1-6(8(11)12-2)4-3-5-7(9)10;1-4(2)5(10)11-3-6(7,8)9/h3,5H,1,4H2,2H3,(H,9,10);1,3H2,2H3. The summed E-state index contributed by atoms with van der Waals surface area (Å²) in [6.07, 6.45) is -1.99. The van der Waals surface area contributed by atoms with Gasteiger partial charge in [-0.25, -0.2) is 14.4 Å². The first-order valence-electron chi connectivity index (χ1n) is 5.95. The van der Waals surface area contributed by atoms with E-state index < -0.39 is 30.7 Å². The van der Waals surface area contributed by atoms with Crippen molar-refractivity contribution in [3.63, 3.8) is 0 Å². The third-order valence-corrected chi connectivity index (χ3v) is 1.81. The molecule has 0 saturated heterocycles. The highest BCUT2D eigenvalue weighted by molar-refractivity contribution is 5.88. The maximum atomic E-state index is 11.4. The van der Waals surface area contributed by atoms with Gasteiger partial charge >= 0.3 is 24.1 Å². The van der Waals surface area contributed by atoms with Crippen LogP contribution in [0.4, 0.5) is 13.2 Å². The molecule has 0 aliphatic rings. The molecule has 0 rings (SSSR count). The van der Waals surface area contributed by atoms with Crippen LogP contribution < -0.4 is 0 Å². The van der Waals surface area contributed by atoms with Gasteiger partial charge in [0.05, 0.1) is 7.11 Å². The summed E-state index contributed by atoms with van der Waals surface area (Å²) in [4.78, 5) is 31.0. The Hall–Kier alpha value is -2.58. The number of methoxy groups -OCH3 is 1. The number of carboxylic acid groups (broad SMARTS) is 1. The molecule has 0 aromatic rings. The Morgan fingerprint density at radius 1 is 1.17 bits per heavy atom. The van der Waals surface area contributed by atoms with Gasteiger partial charge in [0.25, 0.3) is 0 Å². The zero-order valence-corrected chi connectivity index (χ0v) is 12.6. The summed E-state index contributed by atoms with van der Waals surface area (Å²) in [5.74, 6) is -2.60. The highest BCUT2D eigenvalue weighted by Crippen LogP contribution is 2.14. The summed E-state index contributed by atoms with van der Waals surface area (Å²) < 4.78 is 42.3. The van der Waals surface area contributed by atoms with E-state index >= 15 is 0 Å². The van der Waals surface area contributed by atoms with E-state index in [0.29, 0.717) is 0 Å². The Bertz CT molecular complexity index is 491. The predicted molar refractivity (Wildman–Crippen MR) is 74.4 cm³/mol. The second-order valence-electron chi connectivity index (χ2n) is 4.01. The topological polar surface area (TPSA) is 89.9 Å². The second kappa shape index (κ2) is 11.0. The van der Waals surface area contributed by atoms with Gasteiger partial charge in [0.15, 0.2) is 6.61 Å². The first kappa shape index (κ1) is 22.7. The Morgan fingerprint density at radius 3 is 2.04 bits per heavy atom. The van der Waals surface area contributed by atoms with E-state index in [9.17, 15) is 27.6 Å². The molecule has 0 atom stereocenters. The molecule has 0 fully saturated rings. The van der Waals surface area contributed by atoms with Crippen molar-refractivity contribution in [2.45, 2.75) is 19.5 Å². The maximum absolute atomic E-state index is 11.4. The van der Waals surface area contributed by atoms with Gasteiger partial charge in [-0.15, -0.1) is 0 Å². The van der Waals surface area contributed by atoms with Crippen LogP contribution in [0.25, 0.3) is 0 Å². The number of allylic oxidation sites excluding steroid dienone is 1. The maximum Gasteiger partial charge on any atom is 0.422 e. The SMILES string of the molecule is C=C(C)C(=O)OCC(F)(F)F.C=C(CC=CC(=O)O)C(=O)OC. The molecule has 6 nitrogen and oxygen atoms in total. The number of carbonyl (C=O) groups excluding carboxylic acids is 2. The lowest BCUT2D eigenvalue weighted by molar-refractivity contribution is -0.183. The Kier molecular flexibility index (Phi) is 10.9. The van der Waals surface area contributed by atoms with Gasteiger partial charge in [0, 0.05) is 17.2 Å². The minimum Gasteiger partial charge on any atom is -0.478 e. The van der Waals surface area contributed by atoms with Crippen molar-refractivity contribution < 1.29 is 42.1 Å². The van der Waals surface area contributed by atoms with Gasteiger partial charge in [-0.1, -0.05) is 19.2 Å². The van der Waals surface area contributed by atoms with Crippen LogP contribution in [0.3, 0.4) is 0 Å². The molecule has 0 aliphatic carbocycles. The number of aliphatic carboxylic acids is 1. The summed E-state index contributed by atoms with van der Waals surface area (Å²) in [5.41, 5.74) is 0.184. The van der Waals surface area contributed by atoms with Crippen LogP contribution in [0, 0.1) is 0 Å². The summed E-state index contributed by atoms with van der Waals surface area (Å²) >= 11 is 0. The summed E-state index contributed by atoms with van der Waals surface area (Å²) in [6.45, 7) is 6.24. The smallest absolute Gasteiger partial charge is 0.422 e. The van der Waals surface area contributed by atoms with E-state index in [1.807, 2.05) is 0 Å². The fourth-order valence-electron chi connectivity index (χ4n) is 0.800. The molecule has 0 heterocycles. The molecule has 1 N–H and O–H groups in total. The highest BCUT2D eigenvalue weighted by atomic mass is 19.4. The summed E-state index contributed by atoms with van der Waals surface area (Å²) in [7, 11) is 1.24. The highest BCUT2D eigenvalue weighted by Gasteiger charge is 2.29. The molecular formula is C14H17F3O6. The number of alkyl halides is 3. The third kappa shape index (κ3) is 15.6. The number of carbonyl (C=O) groups is 3. The lowest BCUT2D eigenvalue weighted by Gasteiger charge is -2.06. The molecule has 0 radical (unpaired) electrons. The molecule has 0 aliphatic heterocycles. The molecule has 130 valence electrons. The number of rotatable bonds is 6. The molecule has 0 aromatic carbocycles. The van der Waals surface area contributed by atoms with Crippen LogP contribution in [0.2, 0.25) is 0 Å². The van der Waals surface area contributed by atoms with E-state index in [0.717, 1.165) is 6.08 Å². The molecular weight excluding hydrogens is 321 g/mol. The van der Waals surface area contributed by atoms with Gasteiger partial charge in [-0.3, -0.25) is 0 Å². The lowest BCUT2D eigenvalue weighted by atomic mass is 10.2. The number of hydrogen-bond acceptors (Lipinski definition) is 5. The molecule has 0 amide bonds. The van der Waals surface area contributed by atoms with Crippen molar-refractivity contribution in [1.82, 2.24) is 0 Å². The van der Waals surface area contributed by atoms with Crippen molar-refractivity contribution >= 4 is 17.9 Å². The summed E-state index contributed by atoms with van der Waals surface area (Å²) in [6, 6.07) is 0. The fraction of sp³-hybridized carbons (Fsp3) is 0.357. The van der Waals surface area contributed by atoms with Crippen LogP contribution in [-0.4, -0.2) is 42.9 Å². The monoisotopic (exact) mass is 338 g/mol. The minimum atomic E-state index is -4.47. The average molecular weight is 338 g/mol. The van der Waals surface area contributed by atoms with Crippen LogP contribution in [-0.2, 0) is 23.9 Å². The van der Waals surface area contributed by atoms with Gasteiger partial charge in [0.2, 0.25) is 0 Å². The largest absolute Gasteiger partial charge is 0.478 e. The summed E-state index contributed by atoms with van der Waals surface area (Å²) in [5, 5.41) is 8.19. The van der Waals surface area contributed by atoms with E-state index in [-0.39, 0.29) is 17.6 Å². The number of esters is 2. The second-order valence-corrected chi connectivity index (χ2v) is 4.01. The predicted octanol–water partition coefficient (Wildman–Crippen LogP) is 2.41. The van der Waals surface area contributed by atoms with Crippen LogP contribution in [0.15, 0.2) is 36.5 Å². The zero-order valence-electron chi connectivity index (χ0n) is 12.6. The number of halogens is 3. The molecule has 23 heavy (non-hydrogen) atoms. The number of carboxylic acids is 1. The van der Waals surface area contributed by atoms with E-state index in [1.165, 1.54) is 20.1 Å². The first-order valence-corrected chi connectivity index (χ1v) is 5.95. The van der Waals surface area contributed by atoms with Gasteiger partial charge in [-0.05, 0) is 13.3 Å². The molecule has 0 bridgehead atoms. The van der Waals surface area contributed by atoms with E-state index in [4.69, 9.17) is 5.11 Å². The number of hydrogen-bond donors (Lipinski definition) is 1. The fourth-order valence-corrected chi connectivity index (χ4v) is 0.800. The Morgan fingerprint density at radius 2 is 1.70 bits per heavy atom. The van der Waals surface area contributed by atoms with Gasteiger partial charge in [-0.2, -0.15) is 13.2 Å². The van der Waals surface area contributed by atoms with Crippen molar-refractivity contribution in [2.24, 2.45) is 0 Å². The molecule has 0 unspecified atom stereocenters. The van der Waals surface area contributed by atoms with Crippen LogP contribution in [0.5, 0.6) is 0 Å². The molecule has 0 aromatic heterocycles. The van der Waals surface area contributed by atoms with Crippen LogP contribution >= 0.6 is 0 Å². The average Bonchev–Trinajstić information content (AvgIpc) is 2.42. The van der Waals surface area contributed by atoms with E-state index in [2.05, 4.69) is 22.6 Å². The Labute approximate surface area is 130 Å². The molecule has 9 heteroatoms. The van der Waals surface area contributed by atoms with Crippen molar-refractivity contribution in [3.05, 3.63) is 36.5 Å². The molecule has 0 saturated carbocycles. The lowest BCUT2D eigenvalue weighted by Crippen LogP contribution is -2.20. The van der Waals surface area contributed by atoms with Gasteiger partial charge in [0.1, 0.15) is 0 Å². The zero-order chi connectivity index (χ0) is 18.6. The first-order chi connectivity index (χ1) is 10.4. The third-order valence-electron chi connectivity index (χ3n) is 1.81. The van der Waals surface area contributed by atoms with Crippen molar-refractivity contribution in [2.75, 3.05) is 13.7 Å². The van der Waals surface area contributed by atoms with Crippen molar-refractivity contribution in [3.8, 4) is 0 Å². The van der Waals surface area contributed by atoms with E-state index in [1.54, 1.807) is 0 Å². The van der Waals surface area contributed by atoms with Crippen molar-refractivity contribution in [1.29, 1.82) is 0 Å². The van der Waals surface area contributed by atoms with Gasteiger partial charge < -0.3 is 14.6 Å². The quantitative estimate of drug-likeness (QED) is 0.591.